The number of Topliss-reactive ketones (excluding diaryl/α,β-unsaturated/α-hetero) is 1. The maximum Gasteiger partial charge on any atom is 0.282 e. The Balaban J connectivity index is 2.10. The average Bonchev–Trinajstić information content (AvgIpc) is 2.74. The van der Waals surface area contributed by atoms with Crippen LogP contribution in [0, 0.1) is 5.82 Å². The van der Waals surface area contributed by atoms with Crippen molar-refractivity contribution in [3.63, 3.8) is 0 Å². The number of benzene rings is 2. The van der Waals surface area contributed by atoms with E-state index in [0.29, 0.717) is 10.6 Å². The zero-order valence-corrected chi connectivity index (χ0v) is 18.0. The first-order chi connectivity index (χ1) is 14.8. The maximum absolute atomic E-state index is 13.8. The van der Waals surface area contributed by atoms with Gasteiger partial charge in [-0.1, -0.05) is 35.3 Å². The Morgan fingerprint density at radius 1 is 1.19 bits per heavy atom. The molecule has 1 N–H and O–H groups in total. The molecule has 2 aromatic carbocycles. The number of carbonyl (C=O) groups is 1. The number of aromatic nitrogens is 2. The Morgan fingerprint density at radius 3 is 2.65 bits per heavy atom. The van der Waals surface area contributed by atoms with Crippen LogP contribution in [0.5, 0.6) is 0 Å². The highest BCUT2D eigenvalue weighted by atomic mass is 35.5. The largest absolute Gasteiger partial charge is 0.391 e. The lowest BCUT2D eigenvalue weighted by Crippen LogP contribution is -2.28. The van der Waals surface area contributed by atoms with Gasteiger partial charge in [-0.3, -0.25) is 9.59 Å². The second-order valence-electron chi connectivity index (χ2n) is 6.84. The van der Waals surface area contributed by atoms with Gasteiger partial charge in [-0.2, -0.15) is 9.78 Å². The molecule has 162 valence electrons. The lowest BCUT2D eigenvalue weighted by atomic mass is 10.0. The van der Waals surface area contributed by atoms with Gasteiger partial charge in [0.15, 0.2) is 5.78 Å². The summed E-state index contributed by atoms with van der Waals surface area (Å²) in [4.78, 5) is 25.8. The van der Waals surface area contributed by atoms with Gasteiger partial charge in [-0.15, -0.1) is 0 Å². The number of halogens is 3. The van der Waals surface area contributed by atoms with Crippen molar-refractivity contribution in [1.29, 1.82) is 0 Å². The van der Waals surface area contributed by atoms with Crippen molar-refractivity contribution in [2.24, 2.45) is 0 Å². The molecule has 3 rings (SSSR count). The number of aliphatic hydroxyl groups is 1. The Labute approximate surface area is 187 Å². The van der Waals surface area contributed by atoms with E-state index in [0.717, 1.165) is 10.7 Å². The molecular weight excluding hydrogens is 446 g/mol. The second kappa shape index (κ2) is 10.2. The topological polar surface area (TPSA) is 81.4 Å². The molecule has 3 aromatic rings. The van der Waals surface area contributed by atoms with Gasteiger partial charge < -0.3 is 9.84 Å². The van der Waals surface area contributed by atoms with Crippen LogP contribution in [0.3, 0.4) is 0 Å². The lowest BCUT2D eigenvalue weighted by molar-refractivity contribution is 0.0559. The van der Waals surface area contributed by atoms with Gasteiger partial charge in [-0.05, 0) is 42.8 Å². The highest BCUT2D eigenvalue weighted by Gasteiger charge is 2.19. The van der Waals surface area contributed by atoms with E-state index in [1.165, 1.54) is 31.4 Å². The first-order valence-electron chi connectivity index (χ1n) is 9.36. The molecule has 1 aromatic heterocycles. The SMILES string of the molecule is COCC(O)CCC(=O)c1cc(-c2ccc(Cl)c(Cl)c2)nn(-c2cccc(F)c2)c1=O. The van der Waals surface area contributed by atoms with Crippen LogP contribution in [0.25, 0.3) is 16.9 Å². The van der Waals surface area contributed by atoms with Crippen LogP contribution in [-0.4, -0.2) is 40.5 Å². The van der Waals surface area contributed by atoms with E-state index in [4.69, 9.17) is 27.9 Å². The summed E-state index contributed by atoms with van der Waals surface area (Å²) in [5.41, 5.74) is 0.141. The molecule has 1 atom stereocenters. The van der Waals surface area contributed by atoms with E-state index < -0.39 is 23.3 Å². The molecule has 0 aliphatic heterocycles. The van der Waals surface area contributed by atoms with Crippen LogP contribution in [0.15, 0.2) is 53.3 Å². The van der Waals surface area contributed by atoms with E-state index in [1.54, 1.807) is 18.2 Å². The number of ether oxygens (including phenoxy) is 1. The van der Waals surface area contributed by atoms with Crippen molar-refractivity contribution in [2.75, 3.05) is 13.7 Å². The minimum absolute atomic E-state index is 0.0751. The minimum Gasteiger partial charge on any atom is -0.391 e. The van der Waals surface area contributed by atoms with Crippen LogP contribution < -0.4 is 5.56 Å². The predicted molar refractivity (Wildman–Crippen MR) is 117 cm³/mol. The third-order valence-corrected chi connectivity index (χ3v) is 5.28. The maximum atomic E-state index is 13.8. The number of aliphatic hydroxyl groups excluding tert-OH is 1. The van der Waals surface area contributed by atoms with Crippen LogP contribution in [0.1, 0.15) is 23.2 Å². The summed E-state index contributed by atoms with van der Waals surface area (Å²) >= 11 is 12.1. The molecule has 0 bridgehead atoms. The molecule has 1 heterocycles. The number of hydrogen-bond donors (Lipinski definition) is 1. The van der Waals surface area contributed by atoms with Gasteiger partial charge in [-0.25, -0.2) is 4.39 Å². The van der Waals surface area contributed by atoms with E-state index in [-0.39, 0.29) is 41.4 Å². The van der Waals surface area contributed by atoms with Crippen molar-refractivity contribution < 1.29 is 19.0 Å². The zero-order valence-electron chi connectivity index (χ0n) is 16.5. The fourth-order valence-corrected chi connectivity index (χ4v) is 3.28. The summed E-state index contributed by atoms with van der Waals surface area (Å²) in [6.45, 7) is 0.0751. The highest BCUT2D eigenvalue weighted by molar-refractivity contribution is 6.42. The number of carbonyl (C=O) groups excluding carboxylic acids is 1. The van der Waals surface area contributed by atoms with Gasteiger partial charge in [0, 0.05) is 19.1 Å². The molecule has 9 heteroatoms. The summed E-state index contributed by atoms with van der Waals surface area (Å²) in [5, 5.41) is 14.7. The van der Waals surface area contributed by atoms with Gasteiger partial charge in [0.25, 0.3) is 5.56 Å². The Hall–Kier alpha value is -2.58. The fraction of sp³-hybridized carbons (Fsp3) is 0.227. The molecule has 0 spiro atoms. The van der Waals surface area contributed by atoms with E-state index in [9.17, 15) is 19.1 Å². The Kier molecular flexibility index (Phi) is 7.56. The molecule has 0 radical (unpaired) electrons. The molecule has 0 aliphatic rings. The highest BCUT2D eigenvalue weighted by Crippen LogP contribution is 2.28. The Morgan fingerprint density at radius 2 is 1.97 bits per heavy atom. The van der Waals surface area contributed by atoms with Crippen LogP contribution >= 0.6 is 23.2 Å². The van der Waals surface area contributed by atoms with E-state index in [2.05, 4.69) is 5.10 Å². The molecule has 0 saturated heterocycles. The zero-order chi connectivity index (χ0) is 22.5. The molecular formula is C22H19Cl2FN2O4. The van der Waals surface area contributed by atoms with Crippen molar-refractivity contribution in [3.05, 3.63) is 80.3 Å². The number of hydrogen-bond acceptors (Lipinski definition) is 5. The van der Waals surface area contributed by atoms with Crippen molar-refractivity contribution in [1.82, 2.24) is 9.78 Å². The van der Waals surface area contributed by atoms with E-state index in [1.807, 2.05) is 0 Å². The van der Waals surface area contributed by atoms with E-state index >= 15 is 0 Å². The Bertz CT molecular complexity index is 1170. The molecule has 0 saturated carbocycles. The predicted octanol–water partition coefficient (Wildman–Crippen LogP) is 4.32. The number of rotatable bonds is 8. The number of ketones is 1. The van der Waals surface area contributed by atoms with Gasteiger partial charge in [0.1, 0.15) is 5.82 Å². The normalized spacial score (nSPS) is 12.0. The molecule has 1 unspecified atom stereocenters. The average molecular weight is 465 g/mol. The third-order valence-electron chi connectivity index (χ3n) is 4.54. The quantitative estimate of drug-likeness (QED) is 0.502. The van der Waals surface area contributed by atoms with Gasteiger partial charge in [0.05, 0.1) is 39.7 Å². The second-order valence-corrected chi connectivity index (χ2v) is 7.65. The standard InChI is InChI=1S/C22H19Cl2FN2O4/c1-31-12-16(28)6-8-21(29)17-11-20(13-5-7-18(23)19(24)9-13)26-27(22(17)30)15-4-2-3-14(25)10-15/h2-5,7,9-11,16,28H,6,8,12H2,1H3. The summed E-state index contributed by atoms with van der Waals surface area (Å²) < 4.78 is 19.6. The smallest absolute Gasteiger partial charge is 0.282 e. The van der Waals surface area contributed by atoms with Crippen molar-refractivity contribution in [2.45, 2.75) is 18.9 Å². The molecule has 0 amide bonds. The van der Waals surface area contributed by atoms with Crippen molar-refractivity contribution >= 4 is 29.0 Å². The number of nitrogens with zero attached hydrogens (tertiary/aromatic N) is 2. The first kappa shape index (κ1) is 23.1. The van der Waals surface area contributed by atoms with Crippen molar-refractivity contribution in [3.8, 4) is 16.9 Å². The molecule has 31 heavy (non-hydrogen) atoms. The molecule has 6 nitrogen and oxygen atoms in total. The monoisotopic (exact) mass is 464 g/mol. The van der Waals surface area contributed by atoms with Gasteiger partial charge >= 0.3 is 0 Å². The lowest BCUT2D eigenvalue weighted by Gasteiger charge is -2.12. The first-order valence-corrected chi connectivity index (χ1v) is 10.1. The fourth-order valence-electron chi connectivity index (χ4n) is 2.98. The third kappa shape index (κ3) is 5.57. The summed E-state index contributed by atoms with van der Waals surface area (Å²) in [7, 11) is 1.44. The van der Waals surface area contributed by atoms with Crippen LogP contribution in [0.4, 0.5) is 4.39 Å². The van der Waals surface area contributed by atoms with Crippen LogP contribution in [0.2, 0.25) is 10.0 Å². The van der Waals surface area contributed by atoms with Gasteiger partial charge in [0.2, 0.25) is 0 Å². The molecule has 0 aliphatic carbocycles. The molecule has 0 fully saturated rings. The number of methoxy groups -OCH3 is 1. The summed E-state index contributed by atoms with van der Waals surface area (Å²) in [6, 6.07) is 11.5. The summed E-state index contributed by atoms with van der Waals surface area (Å²) in [5.74, 6) is -1.03. The summed E-state index contributed by atoms with van der Waals surface area (Å²) in [6.07, 6.45) is -0.791. The van der Waals surface area contributed by atoms with Crippen LogP contribution in [-0.2, 0) is 4.74 Å². The minimum atomic E-state index is -0.837.